The predicted octanol–water partition coefficient (Wildman–Crippen LogP) is 1.47. The van der Waals surface area contributed by atoms with Gasteiger partial charge in [0.1, 0.15) is 0 Å². The van der Waals surface area contributed by atoms with E-state index in [0.29, 0.717) is 35.6 Å². The molecule has 0 unspecified atom stereocenters. The third-order valence-corrected chi connectivity index (χ3v) is 4.49. The van der Waals surface area contributed by atoms with Crippen LogP contribution in [-0.4, -0.2) is 39.8 Å². The van der Waals surface area contributed by atoms with Crippen molar-refractivity contribution in [2.45, 2.75) is 45.0 Å². The minimum Gasteiger partial charge on any atom is -0.379 e. The molecule has 0 spiro atoms. The minimum atomic E-state index is -0.382. The highest BCUT2D eigenvalue weighted by Gasteiger charge is 2.13. The van der Waals surface area contributed by atoms with Crippen molar-refractivity contribution in [2.75, 3.05) is 12.4 Å². The second-order valence-electron chi connectivity index (χ2n) is 6.16. The molecule has 1 heterocycles. The summed E-state index contributed by atoms with van der Waals surface area (Å²) in [5.41, 5.74) is 4.97. The Balaban J connectivity index is 2.18. The largest absolute Gasteiger partial charge is 0.379 e. The second-order valence-corrected chi connectivity index (χ2v) is 7.10. The molecular weight excluding hydrogens is 368 g/mol. The third-order valence-electron chi connectivity index (χ3n) is 3.51. The molecule has 0 saturated heterocycles. The first-order valence-corrected chi connectivity index (χ1v) is 9.66. The molecule has 0 aliphatic rings. The Morgan fingerprint density at radius 2 is 2.00 bits per heavy atom. The van der Waals surface area contributed by atoms with Crippen LogP contribution in [-0.2, 0) is 20.9 Å². The maximum absolute atomic E-state index is 12.8. The van der Waals surface area contributed by atoms with Gasteiger partial charge >= 0.3 is 0 Å². The normalized spacial score (nSPS) is 11.0. The van der Waals surface area contributed by atoms with Crippen molar-refractivity contribution in [1.29, 1.82) is 0 Å². The van der Waals surface area contributed by atoms with Crippen LogP contribution >= 0.6 is 11.8 Å². The van der Waals surface area contributed by atoms with E-state index in [1.807, 2.05) is 19.9 Å². The molecule has 1 aromatic carbocycles. The molecule has 2 N–H and O–H groups in total. The fraction of sp³-hybridized carbons (Fsp3) is 0.444. The molecule has 0 aliphatic carbocycles. The number of aromatic nitrogens is 2. The molecule has 2 amide bonds. The van der Waals surface area contributed by atoms with Crippen molar-refractivity contribution in [3.8, 4) is 0 Å². The van der Waals surface area contributed by atoms with E-state index in [0.717, 1.165) is 11.8 Å². The van der Waals surface area contributed by atoms with Crippen molar-refractivity contribution in [2.24, 2.45) is 0 Å². The van der Waals surface area contributed by atoms with E-state index in [4.69, 9.17) is 4.74 Å². The summed E-state index contributed by atoms with van der Waals surface area (Å²) in [6.07, 6.45) is 0.784. The van der Waals surface area contributed by atoms with Crippen LogP contribution in [0.3, 0.4) is 0 Å². The SMILES string of the molecule is CC(=O)NNC(=O)CSc1nc2ccccc2c(=O)n1CCCOC(C)C. The van der Waals surface area contributed by atoms with Crippen LogP contribution in [0.5, 0.6) is 0 Å². The van der Waals surface area contributed by atoms with Gasteiger partial charge in [0.2, 0.25) is 11.8 Å². The van der Waals surface area contributed by atoms with Crippen molar-refractivity contribution in [1.82, 2.24) is 20.4 Å². The van der Waals surface area contributed by atoms with Gasteiger partial charge in [-0.25, -0.2) is 4.98 Å². The van der Waals surface area contributed by atoms with E-state index in [1.165, 1.54) is 6.92 Å². The van der Waals surface area contributed by atoms with E-state index in [-0.39, 0.29) is 29.2 Å². The van der Waals surface area contributed by atoms with Crippen molar-refractivity contribution >= 4 is 34.5 Å². The molecule has 27 heavy (non-hydrogen) atoms. The number of hydrogen-bond acceptors (Lipinski definition) is 6. The number of ether oxygens (including phenoxy) is 1. The lowest BCUT2D eigenvalue weighted by atomic mass is 10.2. The Labute approximate surface area is 161 Å². The number of hydrazine groups is 1. The highest BCUT2D eigenvalue weighted by molar-refractivity contribution is 7.99. The number of nitrogens with zero attached hydrogens (tertiary/aromatic N) is 2. The predicted molar refractivity (Wildman–Crippen MR) is 104 cm³/mol. The summed E-state index contributed by atoms with van der Waals surface area (Å²) < 4.78 is 7.11. The van der Waals surface area contributed by atoms with Gasteiger partial charge in [0, 0.05) is 20.1 Å². The molecule has 2 aromatic rings. The summed E-state index contributed by atoms with van der Waals surface area (Å²) in [6.45, 7) is 6.19. The summed E-state index contributed by atoms with van der Waals surface area (Å²) in [6, 6.07) is 7.12. The number of nitrogens with one attached hydrogen (secondary N) is 2. The zero-order chi connectivity index (χ0) is 19.8. The summed E-state index contributed by atoms with van der Waals surface area (Å²) >= 11 is 1.15. The quantitative estimate of drug-likeness (QED) is 0.305. The summed E-state index contributed by atoms with van der Waals surface area (Å²) in [4.78, 5) is 40.1. The smallest absolute Gasteiger partial charge is 0.262 e. The molecule has 1 aromatic heterocycles. The first-order valence-electron chi connectivity index (χ1n) is 8.68. The van der Waals surface area contributed by atoms with Crippen LogP contribution in [0.2, 0.25) is 0 Å². The van der Waals surface area contributed by atoms with Gasteiger partial charge in [0.15, 0.2) is 5.16 Å². The molecule has 0 fully saturated rings. The number of fused-ring (bicyclic) bond motifs is 1. The number of benzene rings is 1. The Kier molecular flexibility index (Phi) is 7.81. The maximum atomic E-state index is 12.8. The highest BCUT2D eigenvalue weighted by atomic mass is 32.2. The Hall–Kier alpha value is -2.39. The van der Waals surface area contributed by atoms with Gasteiger partial charge in [-0.15, -0.1) is 0 Å². The van der Waals surface area contributed by atoms with Gasteiger partial charge in [-0.2, -0.15) is 0 Å². The molecule has 0 atom stereocenters. The fourth-order valence-electron chi connectivity index (χ4n) is 2.32. The Morgan fingerprint density at radius 1 is 1.26 bits per heavy atom. The summed E-state index contributed by atoms with van der Waals surface area (Å²) in [5.74, 6) is -0.723. The second kappa shape index (κ2) is 10.1. The molecule has 0 bridgehead atoms. The molecule has 146 valence electrons. The monoisotopic (exact) mass is 392 g/mol. The molecule has 2 rings (SSSR count). The van der Waals surface area contributed by atoms with Crippen LogP contribution in [0.25, 0.3) is 10.9 Å². The summed E-state index contributed by atoms with van der Waals surface area (Å²) in [7, 11) is 0. The average molecular weight is 392 g/mol. The first kappa shape index (κ1) is 20.9. The number of amides is 2. The van der Waals surface area contributed by atoms with Gasteiger partial charge in [-0.1, -0.05) is 23.9 Å². The van der Waals surface area contributed by atoms with Gasteiger partial charge in [-0.05, 0) is 32.4 Å². The average Bonchev–Trinajstić information content (AvgIpc) is 2.63. The number of carbonyl (C=O) groups is 2. The van der Waals surface area contributed by atoms with Crippen molar-refractivity contribution < 1.29 is 14.3 Å². The number of carbonyl (C=O) groups excluding carboxylic acids is 2. The lowest BCUT2D eigenvalue weighted by Gasteiger charge is -2.14. The van der Waals surface area contributed by atoms with Crippen LogP contribution < -0.4 is 16.4 Å². The third kappa shape index (κ3) is 6.37. The van der Waals surface area contributed by atoms with E-state index in [1.54, 1.807) is 22.8 Å². The van der Waals surface area contributed by atoms with Crippen LogP contribution in [0.1, 0.15) is 27.2 Å². The van der Waals surface area contributed by atoms with E-state index in [9.17, 15) is 14.4 Å². The number of hydrogen-bond donors (Lipinski definition) is 2. The van der Waals surface area contributed by atoms with E-state index < -0.39 is 0 Å². The first-order chi connectivity index (χ1) is 12.9. The molecule has 0 radical (unpaired) electrons. The Bertz CT molecular complexity index is 866. The van der Waals surface area contributed by atoms with Crippen LogP contribution in [0, 0.1) is 0 Å². The topological polar surface area (TPSA) is 102 Å². The van der Waals surface area contributed by atoms with Crippen molar-refractivity contribution in [3.63, 3.8) is 0 Å². The number of para-hydroxylation sites is 1. The lowest BCUT2D eigenvalue weighted by molar-refractivity contribution is -0.126. The van der Waals surface area contributed by atoms with Crippen LogP contribution in [0.4, 0.5) is 0 Å². The van der Waals surface area contributed by atoms with Gasteiger partial charge in [0.05, 0.1) is 22.8 Å². The molecule has 8 nitrogen and oxygen atoms in total. The van der Waals surface area contributed by atoms with Gasteiger partial charge in [0.25, 0.3) is 5.56 Å². The zero-order valence-electron chi connectivity index (χ0n) is 15.7. The molecule has 0 aliphatic heterocycles. The Morgan fingerprint density at radius 3 is 2.70 bits per heavy atom. The zero-order valence-corrected chi connectivity index (χ0v) is 16.5. The van der Waals surface area contributed by atoms with Gasteiger partial charge < -0.3 is 4.74 Å². The fourth-order valence-corrected chi connectivity index (χ4v) is 3.15. The van der Waals surface area contributed by atoms with Crippen LogP contribution in [0.15, 0.2) is 34.2 Å². The molecule has 0 saturated carbocycles. The maximum Gasteiger partial charge on any atom is 0.262 e. The lowest BCUT2D eigenvalue weighted by Crippen LogP contribution is -2.41. The molecular formula is C18H24N4O4S. The highest BCUT2D eigenvalue weighted by Crippen LogP contribution is 2.18. The van der Waals surface area contributed by atoms with Crippen molar-refractivity contribution in [3.05, 3.63) is 34.6 Å². The minimum absolute atomic E-state index is 0.0214. The number of rotatable bonds is 8. The standard InChI is InChI=1S/C18H24N4O4S/c1-12(2)26-10-6-9-22-17(25)14-7-4-5-8-15(14)19-18(22)27-11-16(24)21-20-13(3)23/h4-5,7-8,12H,6,9-11H2,1-3H3,(H,20,23)(H,21,24). The van der Waals surface area contributed by atoms with E-state index in [2.05, 4.69) is 15.8 Å². The molecule has 9 heteroatoms. The van der Waals surface area contributed by atoms with Gasteiger partial charge in [-0.3, -0.25) is 29.8 Å². The number of thioether (sulfide) groups is 1. The van der Waals surface area contributed by atoms with E-state index >= 15 is 0 Å². The summed E-state index contributed by atoms with van der Waals surface area (Å²) in [5, 5.41) is 0.996.